The van der Waals surface area contributed by atoms with Crippen LogP contribution >= 0.6 is 0 Å². The fourth-order valence-electron chi connectivity index (χ4n) is 2.78. The van der Waals surface area contributed by atoms with Crippen molar-refractivity contribution in [3.05, 3.63) is 23.4 Å². The van der Waals surface area contributed by atoms with Gasteiger partial charge in [-0.1, -0.05) is 25.7 Å². The Labute approximate surface area is 111 Å². The smallest absolute Gasteiger partial charge is 0.156 e. The van der Waals surface area contributed by atoms with Crippen LogP contribution in [0.25, 0.3) is 0 Å². The lowest BCUT2D eigenvalue weighted by atomic mass is 9.82. The molecule has 1 aliphatic carbocycles. The number of hydrogen-bond acceptors (Lipinski definition) is 3. The van der Waals surface area contributed by atoms with Gasteiger partial charge in [0, 0.05) is 26.1 Å². The van der Waals surface area contributed by atoms with Gasteiger partial charge in [0.05, 0.1) is 21.3 Å². The summed E-state index contributed by atoms with van der Waals surface area (Å²) < 4.78 is 10.6. The lowest BCUT2D eigenvalue weighted by Crippen LogP contribution is -2.30. The summed E-state index contributed by atoms with van der Waals surface area (Å²) in [6, 6.07) is 0. The van der Waals surface area contributed by atoms with Crippen LogP contribution in [0.2, 0.25) is 19.6 Å². The van der Waals surface area contributed by atoms with E-state index in [9.17, 15) is 4.79 Å². The zero-order valence-electron chi connectivity index (χ0n) is 12.1. The van der Waals surface area contributed by atoms with Gasteiger partial charge in [0.25, 0.3) is 0 Å². The molecule has 0 radical (unpaired) electrons. The van der Waals surface area contributed by atoms with Crippen LogP contribution in [0.5, 0.6) is 0 Å². The molecule has 0 saturated carbocycles. The van der Waals surface area contributed by atoms with Crippen molar-refractivity contribution in [2.45, 2.75) is 26.1 Å². The third-order valence-electron chi connectivity index (χ3n) is 3.49. The minimum absolute atomic E-state index is 0.248. The molecule has 0 aromatic rings. The van der Waals surface area contributed by atoms with Gasteiger partial charge in [0.15, 0.2) is 5.78 Å². The maximum Gasteiger partial charge on any atom is 0.156 e. The minimum atomic E-state index is -1.67. The first-order valence-electron chi connectivity index (χ1n) is 6.21. The molecule has 1 atom stereocenters. The highest BCUT2D eigenvalue weighted by atomic mass is 28.3. The monoisotopic (exact) mass is 268 g/mol. The average Bonchev–Trinajstić information content (AvgIpc) is 2.52. The second-order valence-electron chi connectivity index (χ2n) is 5.93. The third kappa shape index (κ3) is 2.65. The average molecular weight is 268 g/mol. The molecular formula is C14H24O3Si. The number of ether oxygens (including phenoxy) is 2. The molecule has 102 valence electrons. The number of methoxy groups -OCH3 is 2. The van der Waals surface area contributed by atoms with Gasteiger partial charge in [0.2, 0.25) is 0 Å². The summed E-state index contributed by atoms with van der Waals surface area (Å²) in [6.45, 7) is 11.5. The molecule has 1 aliphatic rings. The molecular weight excluding hydrogens is 244 g/mol. The van der Waals surface area contributed by atoms with E-state index in [0.717, 1.165) is 10.8 Å². The Hall–Kier alpha value is -0.713. The zero-order valence-corrected chi connectivity index (χ0v) is 13.1. The van der Waals surface area contributed by atoms with Crippen LogP contribution in [0, 0.1) is 5.41 Å². The Morgan fingerprint density at radius 1 is 1.33 bits per heavy atom. The van der Waals surface area contributed by atoms with Gasteiger partial charge in [-0.15, -0.1) is 6.58 Å². The van der Waals surface area contributed by atoms with Gasteiger partial charge < -0.3 is 9.47 Å². The highest BCUT2D eigenvalue weighted by molar-refractivity contribution is 6.87. The van der Waals surface area contributed by atoms with E-state index in [4.69, 9.17) is 9.47 Å². The highest BCUT2D eigenvalue weighted by Crippen LogP contribution is 2.45. The van der Waals surface area contributed by atoms with Crippen LogP contribution in [-0.2, 0) is 14.3 Å². The molecule has 0 saturated heterocycles. The first-order chi connectivity index (χ1) is 8.32. The summed E-state index contributed by atoms with van der Waals surface area (Å²) in [4.78, 5) is 12.4. The predicted molar refractivity (Wildman–Crippen MR) is 76.4 cm³/mol. The second-order valence-corrected chi connectivity index (χ2v) is 10.9. The third-order valence-corrected chi connectivity index (χ3v) is 5.57. The topological polar surface area (TPSA) is 35.5 Å². The predicted octanol–water partition coefficient (Wildman–Crippen LogP) is 2.60. The van der Waals surface area contributed by atoms with Crippen LogP contribution < -0.4 is 0 Å². The first-order valence-corrected chi connectivity index (χ1v) is 9.71. The zero-order chi connectivity index (χ0) is 14.0. The maximum atomic E-state index is 12.4. The molecule has 0 bridgehead atoms. The van der Waals surface area contributed by atoms with Crippen molar-refractivity contribution in [3.8, 4) is 0 Å². The summed E-state index contributed by atoms with van der Waals surface area (Å²) in [7, 11) is 1.65. The largest absolute Gasteiger partial charge is 0.383 e. The summed E-state index contributed by atoms with van der Waals surface area (Å²) in [5.74, 6) is 0.248. The minimum Gasteiger partial charge on any atom is -0.383 e. The number of hydrogen-bond donors (Lipinski definition) is 0. The summed E-state index contributed by atoms with van der Waals surface area (Å²) in [5.41, 5.74) is 0.725. The van der Waals surface area contributed by atoms with Crippen LogP contribution in [0.4, 0.5) is 0 Å². The van der Waals surface area contributed by atoms with E-state index < -0.39 is 8.07 Å². The molecule has 4 heteroatoms. The van der Waals surface area contributed by atoms with Crippen LogP contribution in [0.3, 0.4) is 0 Å². The Kier molecular flexibility index (Phi) is 4.70. The maximum absolute atomic E-state index is 12.4. The Morgan fingerprint density at radius 3 is 2.33 bits per heavy atom. The fourth-order valence-corrected chi connectivity index (χ4v) is 4.93. The van der Waals surface area contributed by atoms with Gasteiger partial charge in [-0.2, -0.15) is 0 Å². The summed E-state index contributed by atoms with van der Waals surface area (Å²) >= 11 is 0. The van der Waals surface area contributed by atoms with Crippen LogP contribution in [-0.4, -0.2) is 41.3 Å². The lowest BCUT2D eigenvalue weighted by molar-refractivity contribution is -0.115. The molecule has 0 spiro atoms. The molecule has 3 nitrogen and oxygen atoms in total. The molecule has 18 heavy (non-hydrogen) atoms. The van der Waals surface area contributed by atoms with Crippen LogP contribution in [0.1, 0.15) is 6.42 Å². The lowest BCUT2D eigenvalue weighted by Gasteiger charge is -2.28. The van der Waals surface area contributed by atoms with Gasteiger partial charge in [-0.3, -0.25) is 4.79 Å². The molecule has 0 aromatic heterocycles. The Balaban J connectivity index is 3.37. The van der Waals surface area contributed by atoms with Crippen molar-refractivity contribution in [1.82, 2.24) is 0 Å². The van der Waals surface area contributed by atoms with Crippen molar-refractivity contribution in [2.24, 2.45) is 5.41 Å². The summed E-state index contributed by atoms with van der Waals surface area (Å²) in [6.07, 6.45) is 2.33. The van der Waals surface area contributed by atoms with E-state index >= 15 is 0 Å². The van der Waals surface area contributed by atoms with E-state index in [1.807, 2.05) is 6.08 Å². The van der Waals surface area contributed by atoms with E-state index in [0.29, 0.717) is 19.6 Å². The highest BCUT2D eigenvalue weighted by Gasteiger charge is 2.46. The molecule has 0 aromatic carbocycles. The second kappa shape index (κ2) is 5.51. The SMILES string of the molecule is C=CC1(COC)CC(=O)C([Si](C)(C)C)=C1COC. The van der Waals surface area contributed by atoms with E-state index in [1.165, 1.54) is 0 Å². The summed E-state index contributed by atoms with van der Waals surface area (Å²) in [5, 5.41) is 1.02. The normalized spacial score (nSPS) is 24.8. The van der Waals surface area contributed by atoms with Gasteiger partial charge in [-0.25, -0.2) is 0 Å². The molecule has 1 unspecified atom stereocenters. The van der Waals surface area contributed by atoms with Crippen molar-refractivity contribution in [1.29, 1.82) is 0 Å². The van der Waals surface area contributed by atoms with Gasteiger partial charge >= 0.3 is 0 Å². The van der Waals surface area contributed by atoms with Crippen molar-refractivity contribution >= 4 is 13.9 Å². The van der Waals surface area contributed by atoms with Crippen LogP contribution in [0.15, 0.2) is 23.4 Å². The number of carbonyl (C=O) groups is 1. The van der Waals surface area contributed by atoms with Crippen molar-refractivity contribution in [2.75, 3.05) is 27.4 Å². The molecule has 0 aliphatic heterocycles. The number of carbonyl (C=O) groups excluding carboxylic acids is 1. The number of rotatable bonds is 6. The number of Topliss-reactive ketones (excluding diaryl/α,β-unsaturated/α-hetero) is 1. The van der Waals surface area contributed by atoms with E-state index in [2.05, 4.69) is 26.2 Å². The Morgan fingerprint density at radius 2 is 1.94 bits per heavy atom. The fraction of sp³-hybridized carbons (Fsp3) is 0.643. The first kappa shape index (κ1) is 15.3. The molecule has 0 amide bonds. The standard InChI is InChI=1S/C14H24O3Si/c1-7-14(10-17-3)8-12(15)13(18(4,5)6)11(14)9-16-2/h7H,1,8-10H2,2-6H3. The number of allylic oxidation sites excluding steroid dienone is 1. The van der Waals surface area contributed by atoms with E-state index in [-0.39, 0.29) is 11.2 Å². The Bertz CT molecular complexity index is 379. The molecule has 0 heterocycles. The van der Waals surface area contributed by atoms with Crippen molar-refractivity contribution in [3.63, 3.8) is 0 Å². The molecule has 0 fully saturated rings. The quantitative estimate of drug-likeness (QED) is 0.549. The van der Waals surface area contributed by atoms with Gasteiger partial charge in [0.1, 0.15) is 0 Å². The van der Waals surface area contributed by atoms with E-state index in [1.54, 1.807) is 14.2 Å². The molecule has 1 rings (SSSR count). The van der Waals surface area contributed by atoms with Gasteiger partial charge in [-0.05, 0) is 10.8 Å². The van der Waals surface area contributed by atoms with Crippen molar-refractivity contribution < 1.29 is 14.3 Å². The molecule has 0 N–H and O–H groups in total. The number of ketones is 1.